The largest absolute Gasteiger partial charge is 0.466 e. The SMILES string of the molecule is CCOC(=O)CCCCCNCCN(C)C(C)C. The molecule has 0 radical (unpaired) electrons. The van der Waals surface area contributed by atoms with E-state index in [0.29, 0.717) is 19.1 Å². The van der Waals surface area contributed by atoms with E-state index in [1.165, 1.54) is 0 Å². The molecule has 0 spiro atoms. The lowest BCUT2D eigenvalue weighted by atomic mass is 10.2. The summed E-state index contributed by atoms with van der Waals surface area (Å²) < 4.78 is 4.88. The first-order chi connectivity index (χ1) is 8.57. The average Bonchev–Trinajstić information content (AvgIpc) is 2.32. The Hall–Kier alpha value is -0.610. The number of hydrogen-bond acceptors (Lipinski definition) is 4. The van der Waals surface area contributed by atoms with Gasteiger partial charge in [-0.1, -0.05) is 6.42 Å². The fourth-order valence-corrected chi connectivity index (χ4v) is 1.57. The summed E-state index contributed by atoms with van der Waals surface area (Å²) in [5.74, 6) is -0.0657. The standard InChI is InChI=1S/C14H30N2O2/c1-5-18-14(17)9-7-6-8-10-15-11-12-16(4)13(2)3/h13,15H,5-12H2,1-4H3. The minimum Gasteiger partial charge on any atom is -0.466 e. The van der Waals surface area contributed by atoms with Crippen LogP contribution in [0.1, 0.15) is 46.5 Å². The Morgan fingerprint density at radius 1 is 1.22 bits per heavy atom. The van der Waals surface area contributed by atoms with Gasteiger partial charge in [0.1, 0.15) is 0 Å². The zero-order chi connectivity index (χ0) is 13.8. The van der Waals surface area contributed by atoms with E-state index in [-0.39, 0.29) is 5.97 Å². The molecule has 0 saturated heterocycles. The molecule has 0 heterocycles. The molecule has 0 bridgehead atoms. The Balaban J connectivity index is 3.19. The van der Waals surface area contributed by atoms with Crippen molar-refractivity contribution in [2.24, 2.45) is 0 Å². The molecule has 1 N–H and O–H groups in total. The summed E-state index contributed by atoms with van der Waals surface area (Å²) in [6.45, 7) is 9.90. The molecule has 0 atom stereocenters. The first kappa shape index (κ1) is 17.4. The molecule has 0 aliphatic carbocycles. The fourth-order valence-electron chi connectivity index (χ4n) is 1.57. The summed E-state index contributed by atoms with van der Waals surface area (Å²) in [4.78, 5) is 13.4. The molecule has 0 unspecified atom stereocenters. The van der Waals surface area contributed by atoms with E-state index >= 15 is 0 Å². The predicted molar refractivity (Wildman–Crippen MR) is 75.7 cm³/mol. The zero-order valence-corrected chi connectivity index (χ0v) is 12.5. The molecule has 4 nitrogen and oxygen atoms in total. The Morgan fingerprint density at radius 2 is 1.94 bits per heavy atom. The Labute approximate surface area is 112 Å². The molecule has 0 aromatic heterocycles. The van der Waals surface area contributed by atoms with Gasteiger partial charge in [0.15, 0.2) is 0 Å². The second-order valence-corrected chi connectivity index (χ2v) is 4.94. The van der Waals surface area contributed by atoms with Crippen LogP contribution in [-0.4, -0.2) is 50.2 Å². The molecule has 0 rings (SSSR count). The normalized spacial score (nSPS) is 11.2. The van der Waals surface area contributed by atoms with Crippen LogP contribution in [0, 0.1) is 0 Å². The van der Waals surface area contributed by atoms with Crippen LogP contribution >= 0.6 is 0 Å². The Morgan fingerprint density at radius 3 is 2.56 bits per heavy atom. The lowest BCUT2D eigenvalue weighted by molar-refractivity contribution is -0.143. The number of carbonyl (C=O) groups is 1. The molecule has 0 aliphatic rings. The fraction of sp³-hybridized carbons (Fsp3) is 0.929. The molecule has 18 heavy (non-hydrogen) atoms. The van der Waals surface area contributed by atoms with Gasteiger partial charge in [-0.05, 0) is 47.2 Å². The number of esters is 1. The van der Waals surface area contributed by atoms with E-state index in [1.807, 2.05) is 6.92 Å². The number of carbonyl (C=O) groups excluding carboxylic acids is 1. The van der Waals surface area contributed by atoms with Gasteiger partial charge in [0, 0.05) is 25.6 Å². The lowest BCUT2D eigenvalue weighted by Crippen LogP contribution is -2.34. The number of nitrogens with zero attached hydrogens (tertiary/aromatic N) is 1. The van der Waals surface area contributed by atoms with Crippen LogP contribution in [-0.2, 0) is 9.53 Å². The van der Waals surface area contributed by atoms with Crippen molar-refractivity contribution in [2.45, 2.75) is 52.5 Å². The van der Waals surface area contributed by atoms with Gasteiger partial charge in [0.2, 0.25) is 0 Å². The molecule has 0 aromatic carbocycles. The minimum atomic E-state index is -0.0657. The first-order valence-electron chi connectivity index (χ1n) is 7.14. The van der Waals surface area contributed by atoms with Crippen molar-refractivity contribution in [3.8, 4) is 0 Å². The number of unbranched alkanes of at least 4 members (excludes halogenated alkanes) is 2. The number of rotatable bonds is 11. The van der Waals surface area contributed by atoms with Gasteiger partial charge >= 0.3 is 5.97 Å². The number of hydrogen-bond donors (Lipinski definition) is 1. The highest BCUT2D eigenvalue weighted by molar-refractivity contribution is 5.69. The van der Waals surface area contributed by atoms with Crippen LogP contribution in [0.3, 0.4) is 0 Å². The number of ether oxygens (including phenoxy) is 1. The molecule has 4 heteroatoms. The van der Waals surface area contributed by atoms with Gasteiger partial charge in [-0.25, -0.2) is 0 Å². The van der Waals surface area contributed by atoms with Crippen molar-refractivity contribution in [3.05, 3.63) is 0 Å². The molecular formula is C14H30N2O2. The van der Waals surface area contributed by atoms with Crippen molar-refractivity contribution >= 4 is 5.97 Å². The molecule has 0 aliphatic heterocycles. The maximum absolute atomic E-state index is 11.1. The maximum atomic E-state index is 11.1. The van der Waals surface area contributed by atoms with Crippen LogP contribution in [0.15, 0.2) is 0 Å². The van der Waals surface area contributed by atoms with Gasteiger partial charge in [0.05, 0.1) is 6.61 Å². The Bertz CT molecular complexity index is 208. The van der Waals surface area contributed by atoms with E-state index in [0.717, 1.165) is 38.9 Å². The highest BCUT2D eigenvalue weighted by atomic mass is 16.5. The summed E-state index contributed by atoms with van der Waals surface area (Å²) in [7, 11) is 2.14. The minimum absolute atomic E-state index is 0.0657. The van der Waals surface area contributed by atoms with E-state index in [1.54, 1.807) is 0 Å². The second-order valence-electron chi connectivity index (χ2n) is 4.94. The highest BCUT2D eigenvalue weighted by Crippen LogP contribution is 2.00. The van der Waals surface area contributed by atoms with Gasteiger partial charge in [-0.3, -0.25) is 4.79 Å². The summed E-state index contributed by atoms with van der Waals surface area (Å²) in [6.07, 6.45) is 3.72. The predicted octanol–water partition coefficient (Wildman–Crippen LogP) is 2.04. The van der Waals surface area contributed by atoms with Crippen LogP contribution in [0.4, 0.5) is 0 Å². The molecule has 0 fully saturated rings. The van der Waals surface area contributed by atoms with Gasteiger partial charge in [-0.15, -0.1) is 0 Å². The number of nitrogens with one attached hydrogen (secondary N) is 1. The summed E-state index contributed by atoms with van der Waals surface area (Å²) in [5.41, 5.74) is 0. The molecule has 0 saturated carbocycles. The zero-order valence-electron chi connectivity index (χ0n) is 12.5. The molecular weight excluding hydrogens is 228 g/mol. The highest BCUT2D eigenvalue weighted by Gasteiger charge is 2.02. The van der Waals surface area contributed by atoms with Crippen molar-refractivity contribution in [2.75, 3.05) is 33.3 Å². The summed E-state index contributed by atoms with van der Waals surface area (Å²) >= 11 is 0. The van der Waals surface area contributed by atoms with Crippen molar-refractivity contribution in [1.82, 2.24) is 10.2 Å². The molecule has 0 aromatic rings. The van der Waals surface area contributed by atoms with E-state index < -0.39 is 0 Å². The van der Waals surface area contributed by atoms with Crippen LogP contribution in [0.25, 0.3) is 0 Å². The van der Waals surface area contributed by atoms with Gasteiger partial charge in [0.25, 0.3) is 0 Å². The van der Waals surface area contributed by atoms with Crippen LogP contribution < -0.4 is 5.32 Å². The van der Waals surface area contributed by atoms with Crippen molar-refractivity contribution in [1.29, 1.82) is 0 Å². The quantitative estimate of drug-likeness (QED) is 0.455. The summed E-state index contributed by atoms with van der Waals surface area (Å²) in [5, 5.41) is 3.43. The monoisotopic (exact) mass is 258 g/mol. The van der Waals surface area contributed by atoms with Gasteiger partial charge in [-0.2, -0.15) is 0 Å². The molecule has 108 valence electrons. The Kier molecular flexibility index (Phi) is 11.1. The van der Waals surface area contributed by atoms with Crippen LogP contribution in [0.2, 0.25) is 0 Å². The van der Waals surface area contributed by atoms with Crippen LogP contribution in [0.5, 0.6) is 0 Å². The van der Waals surface area contributed by atoms with Gasteiger partial charge < -0.3 is 15.0 Å². The second kappa shape index (κ2) is 11.5. The lowest BCUT2D eigenvalue weighted by Gasteiger charge is -2.20. The molecule has 0 amide bonds. The first-order valence-corrected chi connectivity index (χ1v) is 7.14. The number of likely N-dealkylation sites (N-methyl/N-ethyl adjacent to an activating group) is 1. The van der Waals surface area contributed by atoms with E-state index in [9.17, 15) is 4.79 Å². The third-order valence-electron chi connectivity index (χ3n) is 3.06. The maximum Gasteiger partial charge on any atom is 0.305 e. The van der Waals surface area contributed by atoms with Crippen molar-refractivity contribution in [3.63, 3.8) is 0 Å². The van der Waals surface area contributed by atoms with Crippen molar-refractivity contribution < 1.29 is 9.53 Å². The topological polar surface area (TPSA) is 41.6 Å². The third kappa shape index (κ3) is 10.5. The van der Waals surface area contributed by atoms with E-state index in [2.05, 4.69) is 31.1 Å². The smallest absolute Gasteiger partial charge is 0.305 e. The third-order valence-corrected chi connectivity index (χ3v) is 3.06. The van der Waals surface area contributed by atoms with E-state index in [4.69, 9.17) is 4.74 Å². The average molecular weight is 258 g/mol. The summed E-state index contributed by atoms with van der Waals surface area (Å²) in [6, 6.07) is 0.608.